The van der Waals surface area contributed by atoms with Gasteiger partial charge in [-0.3, -0.25) is 10.1 Å². The van der Waals surface area contributed by atoms with Gasteiger partial charge in [0.05, 0.1) is 7.11 Å². The van der Waals surface area contributed by atoms with Crippen LogP contribution < -0.4 is 5.32 Å². The largest absolute Gasteiger partial charge is 0.468 e. The second-order valence-corrected chi connectivity index (χ2v) is 6.86. The Morgan fingerprint density at radius 3 is 2.90 bits per heavy atom. The number of thioether (sulfide) groups is 1. The minimum Gasteiger partial charge on any atom is -0.468 e. The number of methoxy groups -OCH3 is 1. The fourth-order valence-electron chi connectivity index (χ4n) is 2.41. The second-order valence-electron chi connectivity index (χ2n) is 5.28. The minimum absolute atomic E-state index is 0.149. The van der Waals surface area contributed by atoms with Crippen LogP contribution in [0.25, 0.3) is 0 Å². The molecule has 0 saturated heterocycles. The van der Waals surface area contributed by atoms with Crippen molar-refractivity contribution in [3.63, 3.8) is 0 Å². The number of carbonyl (C=O) groups excluding carboxylic acids is 1. The molecule has 0 aliphatic carbocycles. The number of hydrogen-bond donors (Lipinski definition) is 1. The van der Waals surface area contributed by atoms with E-state index < -0.39 is 0 Å². The summed E-state index contributed by atoms with van der Waals surface area (Å²) in [4.78, 5) is 13.1. The number of ether oxygens (including phenoxy) is 1. The lowest BCUT2D eigenvalue weighted by Crippen LogP contribution is -2.44. The molecule has 0 radical (unpaired) electrons. The van der Waals surface area contributed by atoms with Gasteiger partial charge in [-0.2, -0.15) is 0 Å². The molecular weight excluding hydrogens is 294 g/mol. The summed E-state index contributed by atoms with van der Waals surface area (Å²) in [5, 5.41) is 4.18. The molecule has 0 amide bonds. The van der Waals surface area contributed by atoms with E-state index in [2.05, 4.69) is 11.4 Å². The fraction of sp³-hybridized carbons (Fsp3) is 0.533. The zero-order valence-electron chi connectivity index (χ0n) is 12.0. The van der Waals surface area contributed by atoms with Crippen LogP contribution in [0.15, 0.2) is 23.1 Å². The lowest BCUT2D eigenvalue weighted by Gasteiger charge is -2.30. The van der Waals surface area contributed by atoms with E-state index in [0.29, 0.717) is 0 Å². The lowest BCUT2D eigenvalue weighted by atomic mass is 9.98. The van der Waals surface area contributed by atoms with E-state index >= 15 is 0 Å². The van der Waals surface area contributed by atoms with Gasteiger partial charge >= 0.3 is 5.97 Å². The van der Waals surface area contributed by atoms with E-state index in [1.807, 2.05) is 37.7 Å². The normalized spacial score (nSPS) is 19.6. The smallest absolute Gasteiger partial charge is 0.323 e. The van der Waals surface area contributed by atoms with Gasteiger partial charge in [0.25, 0.3) is 0 Å². The second kappa shape index (κ2) is 6.83. The summed E-state index contributed by atoms with van der Waals surface area (Å²) in [5.41, 5.74) is 1.18. The first-order chi connectivity index (χ1) is 9.52. The number of halogens is 1. The molecule has 110 valence electrons. The van der Waals surface area contributed by atoms with Crippen molar-refractivity contribution in [2.24, 2.45) is 5.92 Å². The Balaban J connectivity index is 2.22. The molecule has 1 N–H and O–H groups in total. The first-order valence-electron chi connectivity index (χ1n) is 6.79. The highest BCUT2D eigenvalue weighted by molar-refractivity contribution is 7.99. The van der Waals surface area contributed by atoms with Crippen molar-refractivity contribution in [3.8, 4) is 0 Å². The number of fused-ring (bicyclic) bond motifs is 1. The van der Waals surface area contributed by atoms with Crippen molar-refractivity contribution < 1.29 is 9.53 Å². The highest BCUT2D eigenvalue weighted by Crippen LogP contribution is 2.38. The average molecular weight is 314 g/mol. The molecule has 0 saturated carbocycles. The van der Waals surface area contributed by atoms with Gasteiger partial charge in [-0.25, -0.2) is 0 Å². The number of rotatable bonds is 4. The molecule has 0 bridgehead atoms. The molecule has 2 unspecified atom stereocenters. The first kappa shape index (κ1) is 15.7. The van der Waals surface area contributed by atoms with Gasteiger partial charge in [-0.05, 0) is 41.9 Å². The van der Waals surface area contributed by atoms with Crippen LogP contribution in [0.3, 0.4) is 0 Å². The molecule has 1 aromatic rings. The summed E-state index contributed by atoms with van der Waals surface area (Å²) >= 11 is 7.94. The maximum absolute atomic E-state index is 11.9. The van der Waals surface area contributed by atoms with E-state index in [-0.39, 0.29) is 24.0 Å². The van der Waals surface area contributed by atoms with Crippen LogP contribution in [0.5, 0.6) is 0 Å². The van der Waals surface area contributed by atoms with Crippen LogP contribution in [0.1, 0.15) is 31.9 Å². The van der Waals surface area contributed by atoms with Gasteiger partial charge in [-0.15, -0.1) is 11.8 Å². The average Bonchev–Trinajstić information content (AvgIpc) is 2.43. The fourth-order valence-corrected chi connectivity index (χ4v) is 3.70. The molecule has 0 aromatic heterocycles. The topological polar surface area (TPSA) is 38.3 Å². The number of hydrogen-bond acceptors (Lipinski definition) is 4. The molecule has 1 aromatic carbocycles. The van der Waals surface area contributed by atoms with Crippen LogP contribution in [0.2, 0.25) is 5.02 Å². The summed E-state index contributed by atoms with van der Waals surface area (Å²) in [6.07, 6.45) is 0.984. The van der Waals surface area contributed by atoms with Gasteiger partial charge < -0.3 is 4.74 Å². The Morgan fingerprint density at radius 1 is 1.50 bits per heavy atom. The van der Waals surface area contributed by atoms with Crippen molar-refractivity contribution in [2.75, 3.05) is 12.9 Å². The van der Waals surface area contributed by atoms with Gasteiger partial charge in [0, 0.05) is 16.0 Å². The zero-order chi connectivity index (χ0) is 14.7. The summed E-state index contributed by atoms with van der Waals surface area (Å²) in [6.45, 7) is 4.04. The summed E-state index contributed by atoms with van der Waals surface area (Å²) in [6, 6.07) is 5.82. The monoisotopic (exact) mass is 313 g/mol. The van der Waals surface area contributed by atoms with Gasteiger partial charge in [0.1, 0.15) is 6.04 Å². The van der Waals surface area contributed by atoms with Crippen LogP contribution in [-0.2, 0) is 9.53 Å². The molecule has 1 heterocycles. The number of carbonyl (C=O) groups is 1. The van der Waals surface area contributed by atoms with Crippen LogP contribution in [0.4, 0.5) is 0 Å². The summed E-state index contributed by atoms with van der Waals surface area (Å²) in [7, 11) is 1.43. The maximum atomic E-state index is 11.9. The number of benzene rings is 1. The van der Waals surface area contributed by atoms with Gasteiger partial charge in [0.2, 0.25) is 0 Å². The highest BCUT2D eigenvalue weighted by Gasteiger charge is 2.29. The molecule has 2 rings (SSSR count). The Labute approximate surface area is 129 Å². The van der Waals surface area contributed by atoms with Crippen molar-refractivity contribution >= 4 is 29.3 Å². The summed E-state index contributed by atoms with van der Waals surface area (Å²) in [5.74, 6) is 1.01. The van der Waals surface area contributed by atoms with E-state index in [1.165, 1.54) is 17.6 Å². The van der Waals surface area contributed by atoms with E-state index in [0.717, 1.165) is 17.2 Å². The lowest BCUT2D eigenvalue weighted by molar-refractivity contribution is -0.144. The van der Waals surface area contributed by atoms with Crippen LogP contribution in [-0.4, -0.2) is 24.9 Å². The molecule has 20 heavy (non-hydrogen) atoms. The van der Waals surface area contributed by atoms with E-state index in [1.54, 1.807) is 0 Å². The molecule has 2 atom stereocenters. The number of nitrogens with one attached hydrogen (secondary N) is 1. The minimum atomic E-state index is -0.292. The van der Waals surface area contributed by atoms with Crippen molar-refractivity contribution in [1.29, 1.82) is 0 Å². The Bertz CT molecular complexity index is 493. The third kappa shape index (κ3) is 3.48. The molecule has 3 nitrogen and oxygen atoms in total. The maximum Gasteiger partial charge on any atom is 0.323 e. The SMILES string of the molecule is COC(=O)C(NC1CCSc2ccc(Cl)cc21)C(C)C. The predicted octanol–water partition coefficient (Wildman–Crippen LogP) is 3.66. The molecule has 5 heteroatoms. The van der Waals surface area contributed by atoms with Crippen LogP contribution >= 0.6 is 23.4 Å². The summed E-state index contributed by atoms with van der Waals surface area (Å²) < 4.78 is 4.89. The molecule has 0 fully saturated rings. The third-order valence-corrected chi connectivity index (χ3v) is 4.87. The number of esters is 1. The highest BCUT2D eigenvalue weighted by atomic mass is 35.5. The van der Waals surface area contributed by atoms with Crippen molar-refractivity contribution in [2.45, 2.75) is 37.2 Å². The Morgan fingerprint density at radius 2 is 2.25 bits per heavy atom. The predicted molar refractivity (Wildman–Crippen MR) is 83.3 cm³/mol. The third-order valence-electron chi connectivity index (χ3n) is 3.51. The molecule has 0 spiro atoms. The Kier molecular flexibility index (Phi) is 5.35. The molecular formula is C15H20ClNO2S. The van der Waals surface area contributed by atoms with E-state index in [9.17, 15) is 4.79 Å². The Hall–Kier alpha value is -0.710. The standard InChI is InChI=1S/C15H20ClNO2S/c1-9(2)14(15(18)19-3)17-12-6-7-20-13-5-4-10(16)8-11(12)13/h4-5,8-9,12,14,17H,6-7H2,1-3H3. The van der Waals surface area contributed by atoms with Gasteiger partial charge in [-0.1, -0.05) is 25.4 Å². The van der Waals surface area contributed by atoms with Crippen molar-refractivity contribution in [3.05, 3.63) is 28.8 Å². The van der Waals surface area contributed by atoms with Crippen LogP contribution in [0, 0.1) is 5.92 Å². The quantitative estimate of drug-likeness (QED) is 0.861. The van der Waals surface area contributed by atoms with E-state index in [4.69, 9.17) is 16.3 Å². The van der Waals surface area contributed by atoms with Gasteiger partial charge in [0.15, 0.2) is 0 Å². The van der Waals surface area contributed by atoms with Crippen molar-refractivity contribution in [1.82, 2.24) is 5.32 Å². The molecule has 1 aliphatic rings. The zero-order valence-corrected chi connectivity index (χ0v) is 13.6. The first-order valence-corrected chi connectivity index (χ1v) is 8.15. The molecule has 1 aliphatic heterocycles.